The minimum atomic E-state index is -1.64. The van der Waals surface area contributed by atoms with Crippen molar-refractivity contribution in [3.05, 3.63) is 71.3 Å². The van der Waals surface area contributed by atoms with Gasteiger partial charge in [0.1, 0.15) is 72.5 Å². The number of unbranched alkanes of at least 4 members (excludes halogenated alkanes) is 6. The van der Waals surface area contributed by atoms with Crippen LogP contribution in [0.25, 0.3) is 0 Å². The van der Waals surface area contributed by atoms with E-state index in [9.17, 15) is 117 Å². The van der Waals surface area contributed by atoms with Gasteiger partial charge in [-0.25, -0.2) is 14.4 Å². The lowest BCUT2D eigenvalue weighted by Gasteiger charge is -2.26. The van der Waals surface area contributed by atoms with Crippen molar-refractivity contribution in [1.29, 1.82) is 0 Å². The molecule has 1 aliphatic heterocycles. The van der Waals surface area contributed by atoms with E-state index in [2.05, 4.69) is 79.8 Å². The Bertz CT molecular complexity index is 4140. The van der Waals surface area contributed by atoms with Crippen LogP contribution in [0.3, 0.4) is 0 Å². The summed E-state index contributed by atoms with van der Waals surface area (Å²) in [7, 11) is 6.93. The quantitative estimate of drug-likeness (QED) is 0.0251. The van der Waals surface area contributed by atoms with Gasteiger partial charge in [-0.3, -0.25) is 71.9 Å². The van der Waals surface area contributed by atoms with Crippen LogP contribution in [-0.4, -0.2) is 288 Å². The number of carboxylic acids is 3. The van der Waals surface area contributed by atoms with E-state index in [4.69, 9.17) is 34.4 Å². The molecule has 12 atom stereocenters. The van der Waals surface area contributed by atoms with E-state index < -0.39 is 218 Å². The Balaban J connectivity index is 1.73. The first kappa shape index (κ1) is 123. The molecule has 4 rings (SSSR count). The van der Waals surface area contributed by atoms with Crippen molar-refractivity contribution in [3.63, 3.8) is 0 Å². The molecule has 141 heavy (non-hydrogen) atoms. The summed E-state index contributed by atoms with van der Waals surface area (Å²) in [6.45, 7) is 7.11. The molecule has 0 fully saturated rings. The number of aliphatic carboxylic acids is 3. The molecule has 3 unspecified atom stereocenters. The fraction of sp³-hybridized carbons (Fsp3) is 0.600. The third kappa shape index (κ3) is 47.3. The molecule has 786 valence electrons. The molecular weight excluding hydrogens is 1950 g/mol. The molecule has 51 heteroatoms. The highest BCUT2D eigenvalue weighted by Gasteiger charge is 2.37. The van der Waals surface area contributed by atoms with E-state index in [0.717, 1.165) is 64.8 Å². The molecule has 0 saturated carbocycles. The van der Waals surface area contributed by atoms with Crippen molar-refractivity contribution >= 4 is 171 Å². The van der Waals surface area contributed by atoms with E-state index >= 15 is 0 Å². The number of hydrogen-bond donors (Lipinski definition) is 27. The Morgan fingerprint density at radius 3 is 0.589 bits per heavy atom. The highest BCUT2D eigenvalue weighted by atomic mass is 33.1. The van der Waals surface area contributed by atoms with Gasteiger partial charge in [-0.2, -0.15) is 0 Å². The average Bonchev–Trinajstić information content (AvgIpc) is 1.55. The molecule has 6 bridgehead atoms. The predicted octanol–water partition coefficient (Wildman–Crippen LogP) is -0.452. The number of aliphatic hydroxyl groups is 3. The van der Waals surface area contributed by atoms with Crippen LogP contribution in [0.1, 0.15) is 207 Å². The maximum absolute atomic E-state index is 14.5. The van der Waals surface area contributed by atoms with Gasteiger partial charge in [-0.05, 0) is 246 Å². The Labute approximate surface area is 843 Å². The number of carboxylic acid groups (broad SMARTS) is 3. The largest absolute Gasteiger partial charge is 0.480 e. The molecule has 1 aliphatic rings. The number of nitrogens with one attached hydrogen (secondary N) is 15. The molecule has 3 aromatic rings. The topological polar surface area (TPSA) is 765 Å². The molecule has 0 aliphatic carbocycles. The van der Waals surface area contributed by atoms with E-state index in [0.29, 0.717) is 106 Å². The second kappa shape index (κ2) is 67.4. The number of amides is 15. The van der Waals surface area contributed by atoms with Crippen LogP contribution in [0.4, 0.5) is 0 Å². The number of carbonyl (C=O) groups is 18. The zero-order valence-electron chi connectivity index (χ0n) is 80.1. The number of rotatable bonds is 66. The lowest BCUT2D eigenvalue weighted by atomic mass is 10.0. The monoisotopic (exact) mass is 2090 g/mol. The molecule has 45 nitrogen and oxygen atoms in total. The van der Waals surface area contributed by atoms with Gasteiger partial charge in [0.05, 0.1) is 39.5 Å². The second-order valence-corrected chi connectivity index (χ2v) is 41.5. The molecule has 0 saturated heterocycles. The average molecular weight is 2090 g/mol. The summed E-state index contributed by atoms with van der Waals surface area (Å²) in [5.74, 6) is -17.9. The Hall–Kier alpha value is -10.1. The van der Waals surface area contributed by atoms with Gasteiger partial charge in [0.25, 0.3) is 17.7 Å². The first-order valence-corrected chi connectivity index (χ1v) is 53.3. The molecule has 0 spiro atoms. The van der Waals surface area contributed by atoms with Crippen LogP contribution in [0.2, 0.25) is 0 Å². The minimum Gasteiger partial charge on any atom is -0.480 e. The van der Waals surface area contributed by atoms with Crippen LogP contribution < -0.4 is 114 Å². The minimum absolute atomic E-state index is 0.00893. The van der Waals surface area contributed by atoms with E-state index in [1.54, 1.807) is 59.7 Å². The van der Waals surface area contributed by atoms with Crippen LogP contribution in [0.5, 0.6) is 0 Å². The van der Waals surface area contributed by atoms with Crippen molar-refractivity contribution in [3.8, 4) is 0 Å². The number of benzene rings is 3. The summed E-state index contributed by atoms with van der Waals surface area (Å²) in [4.78, 5) is 249. The summed E-state index contributed by atoms with van der Waals surface area (Å²) >= 11 is 0. The molecule has 0 aromatic heterocycles. The standard InChI is InChI=1S/C90H141N21O24S6/c1-49(2)31-67(82(124)103-61(19-7-13-25-91)79(121)109-70(46-112)85(127)106-64(88(130)131)22-10-16-28-94)100-73(115)43-97-76(118)52-34-55-40-56(35-52)137-139-58-37-54(78(120)99-45-75(117)102-69(33-51(5)6)84(126)105-63(21-9-15-27-93)81(123)111-72(48-114)87(129)108-66(90(134)135)24-12-18-30-96)39-60(42-58)141-140-59-38-53(36-57(41-59)138-136-55)77(119)98-44-74(116)101-68(32-50(3)4)83(125)104-62(20-8-14-26-92)80(122)110-71(47-113)86(128)107-65(89(132)133)23-11-17-29-95/h34-42,49-51,61-72,112-114H,7-33,43-48,91-96H2,1-6H3,(H,97,118)(H,98,119)(H,99,120)(H,100,115)(H,101,116)(H,102,117)(H,103,124)(H,104,125)(H,105,126)(H,106,127)(H,107,128)(H,108,129)(H,109,121)(H,110,122)(H,111,123)(H,130,131)(H,132,133)(H,134,135)/t61-,62-,63-,64?,65?,66?,67+,68+,69+,70+,71+,72+/m1/s1. The third-order valence-corrected chi connectivity index (χ3v) is 28.3. The molecule has 0 radical (unpaired) electrons. The fourth-order valence-electron chi connectivity index (χ4n) is 13.9. The summed E-state index contributed by atoms with van der Waals surface area (Å²) in [5, 5.41) is 97.9. The zero-order chi connectivity index (χ0) is 105. The fourth-order valence-corrected chi connectivity index (χ4v) is 20.3. The van der Waals surface area contributed by atoms with E-state index in [1.807, 2.05) is 0 Å². The maximum atomic E-state index is 14.5. The van der Waals surface area contributed by atoms with Gasteiger partial charge < -0.3 is 145 Å². The lowest BCUT2D eigenvalue weighted by Crippen LogP contribution is -2.59. The van der Waals surface area contributed by atoms with Gasteiger partial charge in [-0.1, -0.05) is 106 Å². The molecular formula is C90H141N21O24S6. The zero-order valence-corrected chi connectivity index (χ0v) is 85.0. The smallest absolute Gasteiger partial charge is 0.326 e. The van der Waals surface area contributed by atoms with Crippen molar-refractivity contribution in [2.45, 2.75) is 278 Å². The van der Waals surface area contributed by atoms with Gasteiger partial charge in [0.15, 0.2) is 0 Å². The molecule has 3 aromatic carbocycles. The molecule has 15 amide bonds. The van der Waals surface area contributed by atoms with E-state index in [-0.39, 0.29) is 132 Å². The molecule has 1 heterocycles. The summed E-state index contributed by atoms with van der Waals surface area (Å²) in [6.07, 6.45) is 4.60. The highest BCUT2D eigenvalue weighted by Crippen LogP contribution is 2.48. The Kier molecular flexibility index (Phi) is 58.9. The third-order valence-electron chi connectivity index (χ3n) is 21.3. The number of carbonyl (C=O) groups excluding carboxylic acids is 15. The van der Waals surface area contributed by atoms with Crippen LogP contribution in [0.15, 0.2) is 84.0 Å². The lowest BCUT2D eigenvalue weighted by molar-refractivity contribution is -0.143. The maximum Gasteiger partial charge on any atom is 0.326 e. The first-order chi connectivity index (χ1) is 67.1. The summed E-state index contributed by atoms with van der Waals surface area (Å²) < 4.78 is 0. The van der Waals surface area contributed by atoms with Crippen LogP contribution in [-0.2, 0) is 71.9 Å². The highest BCUT2D eigenvalue weighted by molar-refractivity contribution is 8.77. The van der Waals surface area contributed by atoms with Gasteiger partial charge in [0.2, 0.25) is 70.9 Å². The number of aliphatic hydroxyl groups excluding tert-OH is 3. The van der Waals surface area contributed by atoms with Crippen molar-refractivity contribution < 1.29 is 117 Å². The van der Waals surface area contributed by atoms with Gasteiger partial charge in [-0.15, -0.1) is 0 Å². The van der Waals surface area contributed by atoms with Crippen LogP contribution in [0, 0.1) is 17.8 Å². The van der Waals surface area contributed by atoms with Crippen molar-refractivity contribution in [2.24, 2.45) is 52.2 Å². The SMILES string of the molecule is CC(C)C[C@H](NC(=O)CNC(=O)c1cc2cc(c1)SSc1cc(cc(C(=O)NCC(=O)N[C@@H](CC(C)C)C(=O)N[C@H](CCCCN)C(=O)N[C@@H](CO)C(=O)NC(CCCCN)C(=O)O)c1)SSc1cc(cc(C(=O)NCC(=O)N[C@@H](CC(C)C)C(=O)N[C@H](CCCCN)C(=O)N[C@@H](CO)C(=O)NC(CCCCN)C(=O)O)c1)SS2)C(=O)N[C@H](CCCCN)C(=O)N[C@@H](CO)C(=O)NC(CCCCN)C(=O)O. The molecule has 33 N–H and O–H groups in total. The normalized spacial score (nSPS) is 14.4. The van der Waals surface area contributed by atoms with Crippen LogP contribution >= 0.6 is 64.8 Å². The number of fused-ring (bicyclic) bond motifs is 6. The summed E-state index contributed by atoms with van der Waals surface area (Å²) in [5.41, 5.74) is 34.0. The second-order valence-electron chi connectivity index (χ2n) is 34.7. The first-order valence-electron chi connectivity index (χ1n) is 46.8. The Morgan fingerprint density at radius 2 is 0.411 bits per heavy atom. The number of nitrogens with two attached hydrogens (primary N) is 6. The number of hydrogen-bond acceptors (Lipinski definition) is 33. The van der Waals surface area contributed by atoms with Crippen molar-refractivity contribution in [2.75, 3.05) is 78.7 Å². The summed E-state index contributed by atoms with van der Waals surface area (Å²) in [6, 6.07) is -2.71. The van der Waals surface area contributed by atoms with Crippen molar-refractivity contribution in [1.82, 2.24) is 79.8 Å². The van der Waals surface area contributed by atoms with Gasteiger partial charge in [0, 0.05) is 46.1 Å². The van der Waals surface area contributed by atoms with E-state index in [1.165, 1.54) is 36.4 Å². The van der Waals surface area contributed by atoms with Gasteiger partial charge >= 0.3 is 17.9 Å². The Morgan fingerprint density at radius 1 is 0.241 bits per heavy atom. The predicted molar refractivity (Wildman–Crippen MR) is 535 cm³/mol.